The number of halogens is 1. The molecule has 7 heteroatoms. The number of nitrogens with zero attached hydrogens (tertiary/aromatic N) is 2. The number of piperidine rings is 1. The molecule has 1 fully saturated rings. The Balaban J connectivity index is 2.11. The molecule has 1 aromatic rings. The van der Waals surface area contributed by atoms with E-state index in [2.05, 4.69) is 11.9 Å². The summed E-state index contributed by atoms with van der Waals surface area (Å²) in [5.74, 6) is 0.418. The van der Waals surface area contributed by atoms with Crippen molar-refractivity contribution in [2.45, 2.75) is 30.0 Å². The van der Waals surface area contributed by atoms with Crippen molar-refractivity contribution in [3.05, 3.63) is 16.5 Å². The lowest BCUT2D eigenvalue weighted by Gasteiger charge is -2.36. The van der Waals surface area contributed by atoms with Gasteiger partial charge in [-0.15, -0.1) is 11.3 Å². The SMILES string of the molecule is C[C@@H](C1CCN(C)CC1)N(C)S(=O)(=O)c1ccc(Cl)s1. The third-order valence-corrected chi connectivity index (χ3v) is 7.84. The summed E-state index contributed by atoms with van der Waals surface area (Å²) in [4.78, 5) is 2.29. The number of thiophene rings is 1. The Morgan fingerprint density at radius 2 is 2.00 bits per heavy atom. The van der Waals surface area contributed by atoms with Gasteiger partial charge < -0.3 is 4.90 Å². The van der Waals surface area contributed by atoms with Gasteiger partial charge in [-0.1, -0.05) is 11.6 Å². The lowest BCUT2D eigenvalue weighted by Crippen LogP contribution is -2.43. The molecule has 0 aliphatic carbocycles. The molecular weight excluding hydrogens is 316 g/mol. The van der Waals surface area contributed by atoms with Gasteiger partial charge in [0.1, 0.15) is 4.21 Å². The fourth-order valence-electron chi connectivity index (χ4n) is 2.60. The van der Waals surface area contributed by atoms with Crippen molar-refractivity contribution in [2.75, 3.05) is 27.2 Å². The first-order valence-corrected chi connectivity index (χ1v) is 9.37. The summed E-state index contributed by atoms with van der Waals surface area (Å²) in [5.41, 5.74) is 0. The maximum Gasteiger partial charge on any atom is 0.252 e. The monoisotopic (exact) mass is 336 g/mol. The molecule has 0 N–H and O–H groups in total. The predicted molar refractivity (Wildman–Crippen MR) is 84.0 cm³/mol. The van der Waals surface area contributed by atoms with Gasteiger partial charge >= 0.3 is 0 Å². The van der Waals surface area contributed by atoms with Crippen molar-refractivity contribution in [2.24, 2.45) is 5.92 Å². The van der Waals surface area contributed by atoms with Crippen LogP contribution in [-0.4, -0.2) is 50.8 Å². The highest BCUT2D eigenvalue weighted by atomic mass is 35.5. The molecule has 0 radical (unpaired) electrons. The van der Waals surface area contributed by atoms with E-state index < -0.39 is 10.0 Å². The summed E-state index contributed by atoms with van der Waals surface area (Å²) in [5, 5.41) is 0. The summed E-state index contributed by atoms with van der Waals surface area (Å²) < 4.78 is 27.5. The molecule has 20 heavy (non-hydrogen) atoms. The van der Waals surface area contributed by atoms with E-state index >= 15 is 0 Å². The Morgan fingerprint density at radius 1 is 1.40 bits per heavy atom. The molecule has 114 valence electrons. The number of sulfonamides is 1. The standard InChI is InChI=1S/C13H21ClN2O2S2/c1-10(11-6-8-15(2)9-7-11)16(3)20(17,18)13-5-4-12(14)19-13/h4-5,10-11H,6-9H2,1-3H3/t10-/m0/s1. The number of hydrogen-bond acceptors (Lipinski definition) is 4. The fourth-order valence-corrected chi connectivity index (χ4v) is 5.70. The topological polar surface area (TPSA) is 40.6 Å². The van der Waals surface area contributed by atoms with Gasteiger partial charge in [-0.2, -0.15) is 4.31 Å². The molecule has 0 aromatic carbocycles. The van der Waals surface area contributed by atoms with Crippen molar-refractivity contribution in [3.8, 4) is 0 Å². The molecule has 1 atom stereocenters. The fraction of sp³-hybridized carbons (Fsp3) is 0.692. The van der Waals surface area contributed by atoms with Crippen molar-refractivity contribution in [1.29, 1.82) is 0 Å². The van der Waals surface area contributed by atoms with Crippen LogP contribution in [0.3, 0.4) is 0 Å². The first-order chi connectivity index (χ1) is 9.32. The molecule has 4 nitrogen and oxygen atoms in total. The first-order valence-electron chi connectivity index (χ1n) is 6.74. The van der Waals surface area contributed by atoms with Gasteiger partial charge in [0.25, 0.3) is 10.0 Å². The highest BCUT2D eigenvalue weighted by molar-refractivity contribution is 7.91. The van der Waals surface area contributed by atoms with E-state index in [1.54, 1.807) is 19.2 Å². The largest absolute Gasteiger partial charge is 0.306 e. The minimum absolute atomic E-state index is 0.00887. The second-order valence-corrected chi connectivity index (χ2v) is 9.40. The van der Waals surface area contributed by atoms with E-state index in [0.717, 1.165) is 37.3 Å². The first kappa shape index (κ1) is 16.2. The molecule has 2 rings (SSSR count). The zero-order chi connectivity index (χ0) is 14.9. The summed E-state index contributed by atoms with van der Waals surface area (Å²) >= 11 is 6.96. The normalized spacial score (nSPS) is 20.4. The van der Waals surface area contributed by atoms with Crippen LogP contribution < -0.4 is 0 Å². The molecule has 0 spiro atoms. The molecule has 0 bridgehead atoms. The summed E-state index contributed by atoms with van der Waals surface area (Å²) in [6.07, 6.45) is 2.09. The second kappa shape index (κ2) is 6.32. The lowest BCUT2D eigenvalue weighted by molar-refractivity contribution is 0.165. The Labute approximate surface area is 130 Å². The average Bonchev–Trinajstić information content (AvgIpc) is 2.85. The highest BCUT2D eigenvalue weighted by Gasteiger charge is 2.32. The van der Waals surface area contributed by atoms with Crippen LogP contribution in [0.5, 0.6) is 0 Å². The van der Waals surface area contributed by atoms with Gasteiger partial charge in [0, 0.05) is 13.1 Å². The van der Waals surface area contributed by atoms with Crippen LogP contribution in [0.1, 0.15) is 19.8 Å². The highest BCUT2D eigenvalue weighted by Crippen LogP contribution is 2.31. The molecule has 0 saturated carbocycles. The lowest BCUT2D eigenvalue weighted by atomic mass is 9.91. The third-order valence-electron chi connectivity index (χ3n) is 4.20. The van der Waals surface area contributed by atoms with Crippen LogP contribution in [0.25, 0.3) is 0 Å². The molecule has 1 aliphatic heterocycles. The molecule has 0 amide bonds. The predicted octanol–water partition coefficient (Wildman–Crippen LogP) is 2.75. The molecular formula is C13H21ClN2O2S2. The van der Waals surface area contributed by atoms with Crippen molar-refractivity contribution in [3.63, 3.8) is 0 Å². The van der Waals surface area contributed by atoms with Gasteiger partial charge in [0.15, 0.2) is 0 Å². The van der Waals surface area contributed by atoms with Gasteiger partial charge in [-0.25, -0.2) is 8.42 Å². The summed E-state index contributed by atoms with van der Waals surface area (Å²) in [6, 6.07) is 3.22. The van der Waals surface area contributed by atoms with E-state index in [-0.39, 0.29) is 6.04 Å². The van der Waals surface area contributed by atoms with E-state index in [1.165, 1.54) is 4.31 Å². The molecule has 0 unspecified atom stereocenters. The summed E-state index contributed by atoms with van der Waals surface area (Å²) in [7, 11) is 0.352. The Morgan fingerprint density at radius 3 is 2.50 bits per heavy atom. The third kappa shape index (κ3) is 3.36. The quantitative estimate of drug-likeness (QED) is 0.849. The van der Waals surface area contributed by atoms with Crippen LogP contribution in [0, 0.1) is 5.92 Å². The zero-order valence-electron chi connectivity index (χ0n) is 12.0. The Kier molecular flexibility index (Phi) is 5.13. The van der Waals surface area contributed by atoms with Gasteiger partial charge in [0.2, 0.25) is 0 Å². The second-order valence-electron chi connectivity index (χ2n) is 5.46. The van der Waals surface area contributed by atoms with Crippen LogP contribution in [0.2, 0.25) is 4.34 Å². The molecule has 2 heterocycles. The van der Waals surface area contributed by atoms with Crippen LogP contribution in [-0.2, 0) is 10.0 Å². The van der Waals surface area contributed by atoms with Gasteiger partial charge in [0.05, 0.1) is 4.34 Å². The summed E-state index contributed by atoms with van der Waals surface area (Å²) in [6.45, 7) is 4.07. The molecule has 1 saturated heterocycles. The maximum atomic E-state index is 12.6. The van der Waals surface area contributed by atoms with Gasteiger partial charge in [-0.3, -0.25) is 0 Å². The smallest absolute Gasteiger partial charge is 0.252 e. The van der Waals surface area contributed by atoms with Crippen molar-refractivity contribution < 1.29 is 8.42 Å². The van der Waals surface area contributed by atoms with E-state index in [1.807, 2.05) is 6.92 Å². The van der Waals surface area contributed by atoms with Crippen LogP contribution in [0.15, 0.2) is 16.3 Å². The molecule has 1 aromatic heterocycles. The Hall–Kier alpha value is -0.140. The van der Waals surface area contributed by atoms with Crippen molar-refractivity contribution >= 4 is 33.0 Å². The maximum absolute atomic E-state index is 12.6. The van der Waals surface area contributed by atoms with E-state index in [9.17, 15) is 8.42 Å². The molecule has 1 aliphatic rings. The van der Waals surface area contributed by atoms with Crippen LogP contribution >= 0.6 is 22.9 Å². The van der Waals surface area contributed by atoms with E-state index in [4.69, 9.17) is 11.6 Å². The number of rotatable bonds is 4. The minimum atomic E-state index is -3.43. The minimum Gasteiger partial charge on any atom is -0.306 e. The average molecular weight is 337 g/mol. The van der Waals surface area contributed by atoms with Gasteiger partial charge in [-0.05, 0) is 58.0 Å². The van der Waals surface area contributed by atoms with E-state index in [0.29, 0.717) is 14.5 Å². The van der Waals surface area contributed by atoms with Crippen molar-refractivity contribution in [1.82, 2.24) is 9.21 Å². The number of likely N-dealkylation sites (tertiary alicyclic amines) is 1. The Bertz CT molecular complexity index is 550. The number of hydrogen-bond donors (Lipinski definition) is 0. The zero-order valence-corrected chi connectivity index (χ0v) is 14.4. The van der Waals surface area contributed by atoms with Crippen LogP contribution in [0.4, 0.5) is 0 Å².